The number of carbonyl (C=O) groups is 2. The lowest BCUT2D eigenvalue weighted by molar-refractivity contribution is -0.143. The number of nitrogens with one attached hydrogen (secondary N) is 1. The molecule has 5 nitrogen and oxygen atoms in total. The second-order valence-corrected chi connectivity index (χ2v) is 8.82. The molecule has 0 spiro atoms. The first kappa shape index (κ1) is 26.0. The van der Waals surface area contributed by atoms with Gasteiger partial charge >= 0.3 is 0 Å². The summed E-state index contributed by atoms with van der Waals surface area (Å²) in [4.78, 5) is 28.7. The zero-order chi connectivity index (χ0) is 25.0. The molecule has 0 saturated carbocycles. The number of hydrogen-bond donors (Lipinski definition) is 1. The normalized spacial score (nSPS) is 12.4. The summed E-state index contributed by atoms with van der Waals surface area (Å²) in [6, 6.07) is 26.7. The summed E-state index contributed by atoms with van der Waals surface area (Å²) in [5, 5.41) is 3.08. The predicted octanol–water partition coefficient (Wildman–Crippen LogP) is 5.18. The molecule has 3 aromatic carbocycles. The molecule has 0 unspecified atom stereocenters. The third-order valence-electron chi connectivity index (χ3n) is 6.16. The summed E-state index contributed by atoms with van der Waals surface area (Å²) in [6.45, 7) is 6.28. The Morgan fingerprint density at radius 1 is 0.829 bits per heavy atom. The van der Waals surface area contributed by atoms with Crippen LogP contribution in [0.3, 0.4) is 0 Å². The number of aryl methyl sites for hydroxylation is 1. The molecule has 0 bridgehead atoms. The van der Waals surface area contributed by atoms with E-state index >= 15 is 0 Å². The Hall–Kier alpha value is -3.60. The topological polar surface area (TPSA) is 58.6 Å². The number of ether oxygens (including phenoxy) is 1. The van der Waals surface area contributed by atoms with E-state index in [9.17, 15) is 9.59 Å². The molecule has 35 heavy (non-hydrogen) atoms. The van der Waals surface area contributed by atoms with Crippen molar-refractivity contribution in [3.8, 4) is 5.75 Å². The molecule has 2 atom stereocenters. The molecule has 0 saturated heterocycles. The van der Waals surface area contributed by atoms with Crippen LogP contribution in [0.15, 0.2) is 84.9 Å². The fourth-order valence-corrected chi connectivity index (χ4v) is 3.82. The quantitative estimate of drug-likeness (QED) is 0.395. The summed E-state index contributed by atoms with van der Waals surface area (Å²) >= 11 is 0. The average molecular weight is 473 g/mol. The van der Waals surface area contributed by atoms with Gasteiger partial charge in [-0.2, -0.15) is 0 Å². The Kier molecular flexibility index (Phi) is 9.91. The minimum Gasteiger partial charge on any atom is -0.484 e. The van der Waals surface area contributed by atoms with Gasteiger partial charge in [-0.1, -0.05) is 86.6 Å². The van der Waals surface area contributed by atoms with Gasteiger partial charge in [-0.25, -0.2) is 0 Å². The molecule has 0 aliphatic rings. The van der Waals surface area contributed by atoms with Gasteiger partial charge in [0.25, 0.3) is 5.91 Å². The fourth-order valence-electron chi connectivity index (χ4n) is 3.82. The highest BCUT2D eigenvalue weighted by Crippen LogP contribution is 2.17. The minimum absolute atomic E-state index is 0.0165. The maximum atomic E-state index is 13.6. The van der Waals surface area contributed by atoms with Crippen molar-refractivity contribution >= 4 is 11.8 Å². The van der Waals surface area contributed by atoms with Gasteiger partial charge in [-0.3, -0.25) is 9.59 Å². The second-order valence-electron chi connectivity index (χ2n) is 8.82. The third kappa shape index (κ3) is 7.99. The van der Waals surface area contributed by atoms with E-state index in [1.165, 1.54) is 5.56 Å². The van der Waals surface area contributed by atoms with Crippen molar-refractivity contribution in [3.05, 3.63) is 102 Å². The summed E-state index contributed by atoms with van der Waals surface area (Å²) in [5.74, 6) is 0.257. The number of rotatable bonds is 12. The van der Waals surface area contributed by atoms with Crippen LogP contribution in [0.5, 0.6) is 5.75 Å². The second kappa shape index (κ2) is 13.3. The number of benzene rings is 3. The average Bonchev–Trinajstić information content (AvgIpc) is 2.90. The molecular formula is C30H36N2O3. The van der Waals surface area contributed by atoms with Crippen LogP contribution >= 0.6 is 0 Å². The summed E-state index contributed by atoms with van der Waals surface area (Å²) in [6.07, 6.45) is 2.18. The highest BCUT2D eigenvalue weighted by molar-refractivity contribution is 5.88. The van der Waals surface area contributed by atoms with E-state index in [1.54, 1.807) is 4.90 Å². The van der Waals surface area contributed by atoms with Crippen LogP contribution in [0.1, 0.15) is 43.9 Å². The monoisotopic (exact) mass is 472 g/mol. The Morgan fingerprint density at radius 2 is 1.43 bits per heavy atom. The molecule has 1 N–H and O–H groups in total. The van der Waals surface area contributed by atoms with E-state index in [0.717, 1.165) is 24.0 Å². The lowest BCUT2D eigenvalue weighted by Gasteiger charge is -2.32. The zero-order valence-corrected chi connectivity index (χ0v) is 20.9. The van der Waals surface area contributed by atoms with Crippen LogP contribution in [0.4, 0.5) is 0 Å². The first-order valence-corrected chi connectivity index (χ1v) is 12.4. The molecule has 0 fully saturated rings. The standard InChI is InChI=1S/C30H36N2O3/c1-4-23(3)31-30(34)28(20-25-12-8-6-9-13-25)32(21-26-14-10-7-11-15-26)29(33)22-35-27-18-16-24(5-2)17-19-27/h6-19,23,28H,4-5,20-22H2,1-3H3,(H,31,34)/t23-,28+/m1/s1. The molecular weight excluding hydrogens is 436 g/mol. The molecule has 5 heteroatoms. The van der Waals surface area contributed by atoms with Crippen LogP contribution in [0.2, 0.25) is 0 Å². The van der Waals surface area contributed by atoms with Crippen LogP contribution in [0.25, 0.3) is 0 Å². The molecule has 3 aromatic rings. The van der Waals surface area contributed by atoms with Crippen LogP contribution < -0.4 is 10.1 Å². The minimum atomic E-state index is -0.662. The first-order valence-electron chi connectivity index (χ1n) is 12.4. The van der Waals surface area contributed by atoms with Gasteiger partial charge in [-0.05, 0) is 48.6 Å². The van der Waals surface area contributed by atoms with Gasteiger partial charge in [0.15, 0.2) is 6.61 Å². The van der Waals surface area contributed by atoms with E-state index in [-0.39, 0.29) is 24.5 Å². The molecule has 2 amide bonds. The van der Waals surface area contributed by atoms with Crippen molar-refractivity contribution in [2.24, 2.45) is 0 Å². The lowest BCUT2D eigenvalue weighted by atomic mass is 10.0. The third-order valence-corrected chi connectivity index (χ3v) is 6.16. The van der Waals surface area contributed by atoms with E-state index in [4.69, 9.17) is 4.74 Å². The van der Waals surface area contributed by atoms with Crippen molar-refractivity contribution in [1.29, 1.82) is 0 Å². The van der Waals surface area contributed by atoms with Crippen LogP contribution in [0, 0.1) is 0 Å². The van der Waals surface area contributed by atoms with Gasteiger partial charge in [0.1, 0.15) is 11.8 Å². The highest BCUT2D eigenvalue weighted by atomic mass is 16.5. The zero-order valence-electron chi connectivity index (χ0n) is 20.9. The van der Waals surface area contributed by atoms with Gasteiger partial charge < -0.3 is 15.0 Å². The van der Waals surface area contributed by atoms with E-state index < -0.39 is 6.04 Å². The Labute approximate surface area is 209 Å². The summed E-state index contributed by atoms with van der Waals surface area (Å²) in [7, 11) is 0. The maximum Gasteiger partial charge on any atom is 0.261 e. The van der Waals surface area contributed by atoms with Gasteiger partial charge in [0, 0.05) is 19.0 Å². The SMILES string of the molecule is CCc1ccc(OCC(=O)N(Cc2ccccc2)[C@@H](Cc2ccccc2)C(=O)N[C@H](C)CC)cc1. The molecule has 0 aliphatic heterocycles. The molecule has 184 valence electrons. The van der Waals surface area contributed by atoms with E-state index in [0.29, 0.717) is 18.7 Å². The van der Waals surface area contributed by atoms with Gasteiger partial charge in [0.05, 0.1) is 0 Å². The van der Waals surface area contributed by atoms with Crippen molar-refractivity contribution in [1.82, 2.24) is 10.2 Å². The van der Waals surface area contributed by atoms with Gasteiger partial charge in [0.2, 0.25) is 5.91 Å². The number of amides is 2. The molecule has 0 aromatic heterocycles. The Balaban J connectivity index is 1.86. The maximum absolute atomic E-state index is 13.6. The lowest BCUT2D eigenvalue weighted by Crippen LogP contribution is -2.53. The predicted molar refractivity (Wildman–Crippen MR) is 140 cm³/mol. The molecule has 0 aliphatic carbocycles. The fraction of sp³-hybridized carbons (Fsp3) is 0.333. The number of hydrogen-bond acceptors (Lipinski definition) is 3. The summed E-state index contributed by atoms with van der Waals surface area (Å²) in [5.41, 5.74) is 3.17. The largest absolute Gasteiger partial charge is 0.484 e. The van der Waals surface area contributed by atoms with Gasteiger partial charge in [-0.15, -0.1) is 0 Å². The Morgan fingerprint density at radius 3 is 2.00 bits per heavy atom. The first-order chi connectivity index (χ1) is 17.0. The van der Waals surface area contributed by atoms with Crippen molar-refractivity contribution in [3.63, 3.8) is 0 Å². The van der Waals surface area contributed by atoms with Crippen molar-refractivity contribution in [2.45, 2.75) is 58.7 Å². The molecule has 0 radical (unpaired) electrons. The number of carbonyl (C=O) groups excluding carboxylic acids is 2. The van der Waals surface area contributed by atoms with E-state index in [1.807, 2.05) is 98.8 Å². The smallest absolute Gasteiger partial charge is 0.261 e. The van der Waals surface area contributed by atoms with Crippen molar-refractivity contribution < 1.29 is 14.3 Å². The van der Waals surface area contributed by atoms with E-state index in [2.05, 4.69) is 12.2 Å². The summed E-state index contributed by atoms with van der Waals surface area (Å²) < 4.78 is 5.85. The Bertz CT molecular complexity index is 1050. The van der Waals surface area contributed by atoms with Crippen molar-refractivity contribution in [2.75, 3.05) is 6.61 Å². The van der Waals surface area contributed by atoms with Crippen LogP contribution in [-0.2, 0) is 29.0 Å². The molecule has 3 rings (SSSR count). The number of nitrogens with zero attached hydrogens (tertiary/aromatic N) is 1. The molecule has 0 heterocycles. The highest BCUT2D eigenvalue weighted by Gasteiger charge is 2.31. The van der Waals surface area contributed by atoms with Crippen LogP contribution in [-0.4, -0.2) is 35.4 Å².